The largest absolute Gasteiger partial charge is 0.465 e. The Kier molecular flexibility index (Phi) is 6.03. The fourth-order valence-corrected chi connectivity index (χ4v) is 2.37. The Bertz CT molecular complexity index is 704. The van der Waals surface area contributed by atoms with Crippen LogP contribution in [0.25, 0.3) is 10.8 Å². The first kappa shape index (κ1) is 16.1. The minimum atomic E-state index is -0.308. The highest BCUT2D eigenvalue weighted by atomic mass is 16.5. The molecule has 0 saturated carbocycles. The zero-order valence-corrected chi connectivity index (χ0v) is 13.3. The van der Waals surface area contributed by atoms with Crippen LogP contribution in [0.3, 0.4) is 0 Å². The van der Waals surface area contributed by atoms with Gasteiger partial charge in [-0.2, -0.15) is 0 Å². The van der Waals surface area contributed by atoms with E-state index in [1.54, 1.807) is 6.07 Å². The third-order valence-electron chi connectivity index (χ3n) is 3.65. The van der Waals surface area contributed by atoms with E-state index in [1.807, 2.05) is 24.3 Å². The molecule has 0 heterocycles. The van der Waals surface area contributed by atoms with Gasteiger partial charge in [0.2, 0.25) is 0 Å². The first-order valence-corrected chi connectivity index (χ1v) is 7.85. The maximum atomic E-state index is 11.5. The highest BCUT2D eigenvalue weighted by molar-refractivity contribution is 5.95. The number of ether oxygens (including phenoxy) is 1. The topological polar surface area (TPSA) is 26.3 Å². The number of carbonyl (C=O) groups is 1. The second-order valence-electron chi connectivity index (χ2n) is 5.38. The second kappa shape index (κ2) is 8.24. The van der Waals surface area contributed by atoms with E-state index >= 15 is 0 Å². The van der Waals surface area contributed by atoms with Gasteiger partial charge in [-0.05, 0) is 41.5 Å². The molecule has 2 aromatic rings. The van der Waals surface area contributed by atoms with Crippen LogP contribution in [0.15, 0.2) is 36.4 Å². The van der Waals surface area contributed by atoms with Crippen LogP contribution in [-0.4, -0.2) is 13.1 Å². The normalized spacial score (nSPS) is 10.1. The van der Waals surface area contributed by atoms with Crippen molar-refractivity contribution >= 4 is 16.7 Å². The molecule has 0 radical (unpaired) electrons. The van der Waals surface area contributed by atoms with Gasteiger partial charge in [-0.15, -0.1) is 0 Å². The van der Waals surface area contributed by atoms with Gasteiger partial charge < -0.3 is 4.74 Å². The van der Waals surface area contributed by atoms with E-state index in [-0.39, 0.29) is 5.97 Å². The van der Waals surface area contributed by atoms with Gasteiger partial charge in [-0.25, -0.2) is 4.79 Å². The Morgan fingerprint density at radius 2 is 1.82 bits per heavy atom. The van der Waals surface area contributed by atoms with E-state index in [0.29, 0.717) is 5.56 Å². The molecule has 0 aromatic heterocycles. The van der Waals surface area contributed by atoms with Gasteiger partial charge in [-0.1, -0.05) is 50.2 Å². The van der Waals surface area contributed by atoms with Crippen molar-refractivity contribution in [2.24, 2.45) is 0 Å². The van der Waals surface area contributed by atoms with Crippen molar-refractivity contribution in [3.05, 3.63) is 47.5 Å². The molecule has 0 atom stereocenters. The predicted molar refractivity (Wildman–Crippen MR) is 90.9 cm³/mol. The monoisotopic (exact) mass is 294 g/mol. The zero-order valence-electron chi connectivity index (χ0n) is 13.3. The summed E-state index contributed by atoms with van der Waals surface area (Å²) in [6.07, 6.45) is 5.95. The van der Waals surface area contributed by atoms with Crippen LogP contribution < -0.4 is 0 Å². The fourth-order valence-electron chi connectivity index (χ4n) is 2.37. The molecule has 0 saturated heterocycles. The number of fused-ring (bicyclic) bond motifs is 1. The molecule has 2 nitrogen and oxygen atoms in total. The van der Waals surface area contributed by atoms with Crippen molar-refractivity contribution in [3.63, 3.8) is 0 Å². The smallest absolute Gasteiger partial charge is 0.337 e. The number of carbonyl (C=O) groups excluding carboxylic acids is 1. The molecule has 0 aliphatic rings. The average molecular weight is 294 g/mol. The highest BCUT2D eigenvalue weighted by Crippen LogP contribution is 2.18. The van der Waals surface area contributed by atoms with E-state index < -0.39 is 0 Å². The Hall–Kier alpha value is -2.27. The molecule has 0 spiro atoms. The third-order valence-corrected chi connectivity index (χ3v) is 3.65. The maximum Gasteiger partial charge on any atom is 0.337 e. The van der Waals surface area contributed by atoms with E-state index in [0.717, 1.165) is 22.8 Å². The standard InChI is InChI=1S/C20H22O2/c1-3-4-5-6-7-8-9-16-10-11-18-15-19(20(21)22-2)13-12-17(18)14-16/h10-15H,3-7H2,1-2H3. The minimum Gasteiger partial charge on any atom is -0.465 e. The van der Waals surface area contributed by atoms with Gasteiger partial charge >= 0.3 is 5.97 Å². The summed E-state index contributed by atoms with van der Waals surface area (Å²) in [4.78, 5) is 11.5. The van der Waals surface area contributed by atoms with Crippen LogP contribution in [0.5, 0.6) is 0 Å². The number of benzene rings is 2. The summed E-state index contributed by atoms with van der Waals surface area (Å²) in [5, 5.41) is 2.11. The molecule has 2 aromatic carbocycles. The molecule has 0 N–H and O–H groups in total. The van der Waals surface area contributed by atoms with Crippen LogP contribution in [0.4, 0.5) is 0 Å². The fraction of sp³-hybridized carbons (Fsp3) is 0.350. The summed E-state index contributed by atoms with van der Waals surface area (Å²) in [7, 11) is 1.39. The Morgan fingerprint density at radius 1 is 1.05 bits per heavy atom. The van der Waals surface area contributed by atoms with Crippen LogP contribution in [0.1, 0.15) is 54.9 Å². The maximum absolute atomic E-state index is 11.5. The Morgan fingerprint density at radius 3 is 2.59 bits per heavy atom. The van der Waals surface area contributed by atoms with Gasteiger partial charge in [0.15, 0.2) is 0 Å². The molecule has 0 aliphatic carbocycles. The molecule has 2 heteroatoms. The lowest BCUT2D eigenvalue weighted by Gasteiger charge is -2.02. The minimum absolute atomic E-state index is 0.308. The number of rotatable bonds is 5. The van der Waals surface area contributed by atoms with E-state index in [4.69, 9.17) is 4.74 Å². The summed E-state index contributed by atoms with van der Waals surface area (Å²) in [5.74, 6) is 6.15. The molecule has 114 valence electrons. The summed E-state index contributed by atoms with van der Waals surface area (Å²) >= 11 is 0. The summed E-state index contributed by atoms with van der Waals surface area (Å²) in [6, 6.07) is 11.6. The molecular formula is C20H22O2. The summed E-state index contributed by atoms with van der Waals surface area (Å²) < 4.78 is 4.74. The summed E-state index contributed by atoms with van der Waals surface area (Å²) in [6.45, 7) is 2.21. The highest BCUT2D eigenvalue weighted by Gasteiger charge is 2.05. The second-order valence-corrected chi connectivity index (χ2v) is 5.38. The van der Waals surface area contributed by atoms with E-state index in [2.05, 4.69) is 24.8 Å². The van der Waals surface area contributed by atoms with Crippen molar-refractivity contribution in [2.45, 2.75) is 39.0 Å². The van der Waals surface area contributed by atoms with E-state index in [1.165, 1.54) is 32.8 Å². The van der Waals surface area contributed by atoms with Crippen LogP contribution in [0.2, 0.25) is 0 Å². The van der Waals surface area contributed by atoms with Crippen molar-refractivity contribution in [1.29, 1.82) is 0 Å². The Balaban J connectivity index is 2.08. The lowest BCUT2D eigenvalue weighted by Crippen LogP contribution is -2.00. The van der Waals surface area contributed by atoms with Crippen molar-refractivity contribution in [3.8, 4) is 11.8 Å². The first-order valence-electron chi connectivity index (χ1n) is 7.85. The molecule has 0 unspecified atom stereocenters. The number of hydrogen-bond acceptors (Lipinski definition) is 2. The number of unbranched alkanes of at least 4 members (excludes halogenated alkanes) is 4. The average Bonchev–Trinajstić information content (AvgIpc) is 2.56. The molecule has 2 rings (SSSR count). The lowest BCUT2D eigenvalue weighted by molar-refractivity contribution is 0.0601. The summed E-state index contributed by atoms with van der Waals surface area (Å²) in [5.41, 5.74) is 1.60. The lowest BCUT2D eigenvalue weighted by atomic mass is 10.0. The van der Waals surface area contributed by atoms with Gasteiger partial charge in [0.25, 0.3) is 0 Å². The van der Waals surface area contributed by atoms with E-state index in [9.17, 15) is 4.79 Å². The van der Waals surface area contributed by atoms with Gasteiger partial charge in [0.1, 0.15) is 0 Å². The molecule has 22 heavy (non-hydrogen) atoms. The molecule has 0 aliphatic heterocycles. The van der Waals surface area contributed by atoms with Crippen LogP contribution >= 0.6 is 0 Å². The van der Waals surface area contributed by atoms with Crippen LogP contribution in [0, 0.1) is 11.8 Å². The van der Waals surface area contributed by atoms with Gasteiger partial charge in [-0.3, -0.25) is 0 Å². The van der Waals surface area contributed by atoms with Gasteiger partial charge in [0, 0.05) is 12.0 Å². The first-order chi connectivity index (χ1) is 10.7. The third kappa shape index (κ3) is 4.36. The van der Waals surface area contributed by atoms with Crippen molar-refractivity contribution < 1.29 is 9.53 Å². The number of hydrogen-bond donors (Lipinski definition) is 0. The number of methoxy groups -OCH3 is 1. The molecular weight excluding hydrogens is 272 g/mol. The van der Waals surface area contributed by atoms with Crippen LogP contribution in [-0.2, 0) is 4.74 Å². The Labute approximate surface area is 132 Å². The molecule has 0 bridgehead atoms. The number of esters is 1. The molecule has 0 amide bonds. The van der Waals surface area contributed by atoms with Crippen molar-refractivity contribution in [1.82, 2.24) is 0 Å². The van der Waals surface area contributed by atoms with Crippen molar-refractivity contribution in [2.75, 3.05) is 7.11 Å². The van der Waals surface area contributed by atoms with Gasteiger partial charge in [0.05, 0.1) is 12.7 Å². The SMILES string of the molecule is CCCCCCC#Cc1ccc2cc(C(=O)OC)ccc2c1. The quantitative estimate of drug-likeness (QED) is 0.443. The predicted octanol–water partition coefficient (Wildman–Crippen LogP) is 4.95. The molecule has 0 fully saturated rings. The zero-order chi connectivity index (χ0) is 15.8.